The van der Waals surface area contributed by atoms with Gasteiger partial charge in [0.05, 0.1) is 11.6 Å². The SMILES string of the molecule is CCCNC(Cc1cncs1)CC1CC(OCC)C1. The second-order valence-electron chi connectivity index (χ2n) is 5.47. The van der Waals surface area contributed by atoms with E-state index in [1.54, 1.807) is 11.3 Å². The summed E-state index contributed by atoms with van der Waals surface area (Å²) in [5.41, 5.74) is 1.93. The molecule has 0 radical (unpaired) electrons. The van der Waals surface area contributed by atoms with Crippen LogP contribution in [0.2, 0.25) is 0 Å². The van der Waals surface area contributed by atoms with Crippen molar-refractivity contribution in [3.8, 4) is 0 Å². The molecule has 1 aromatic heterocycles. The molecule has 1 N–H and O–H groups in total. The van der Waals surface area contributed by atoms with Gasteiger partial charge in [-0.05, 0) is 51.5 Å². The molecule has 2 rings (SSSR count). The molecule has 1 aliphatic carbocycles. The van der Waals surface area contributed by atoms with Crippen LogP contribution in [0.1, 0.15) is 44.4 Å². The van der Waals surface area contributed by atoms with Crippen molar-refractivity contribution < 1.29 is 4.74 Å². The van der Waals surface area contributed by atoms with Gasteiger partial charge in [0, 0.05) is 23.7 Å². The number of ether oxygens (including phenoxy) is 1. The lowest BCUT2D eigenvalue weighted by Crippen LogP contribution is -2.39. The standard InChI is InChI=1S/C15H26N2OS/c1-3-5-17-13(9-15-10-16-11-19-15)6-12-7-14(8-12)18-4-2/h10-14,17H,3-9H2,1-2H3. The Bertz CT molecular complexity index is 336. The van der Waals surface area contributed by atoms with Crippen LogP contribution in [-0.2, 0) is 11.2 Å². The van der Waals surface area contributed by atoms with Gasteiger partial charge < -0.3 is 10.1 Å². The van der Waals surface area contributed by atoms with Crippen molar-refractivity contribution >= 4 is 11.3 Å². The van der Waals surface area contributed by atoms with Crippen molar-refractivity contribution in [1.29, 1.82) is 0 Å². The van der Waals surface area contributed by atoms with E-state index >= 15 is 0 Å². The van der Waals surface area contributed by atoms with Gasteiger partial charge in [-0.15, -0.1) is 11.3 Å². The zero-order chi connectivity index (χ0) is 13.5. The number of aromatic nitrogens is 1. The maximum absolute atomic E-state index is 5.65. The summed E-state index contributed by atoms with van der Waals surface area (Å²) in [6, 6.07) is 0.605. The maximum Gasteiger partial charge on any atom is 0.0794 e. The van der Waals surface area contributed by atoms with Crippen LogP contribution in [0.5, 0.6) is 0 Å². The van der Waals surface area contributed by atoms with Crippen LogP contribution >= 0.6 is 11.3 Å². The van der Waals surface area contributed by atoms with Crippen molar-refractivity contribution in [2.24, 2.45) is 5.92 Å². The minimum Gasteiger partial charge on any atom is -0.378 e. The lowest BCUT2D eigenvalue weighted by molar-refractivity contribution is -0.0290. The first-order valence-electron chi connectivity index (χ1n) is 7.54. The van der Waals surface area contributed by atoms with Crippen LogP contribution in [0.3, 0.4) is 0 Å². The number of nitrogens with one attached hydrogen (secondary N) is 1. The number of thiazole rings is 1. The van der Waals surface area contributed by atoms with E-state index in [0.29, 0.717) is 12.1 Å². The Kier molecular flexibility index (Phi) is 6.28. The summed E-state index contributed by atoms with van der Waals surface area (Å²) in [5, 5.41) is 3.69. The molecule has 1 fully saturated rings. The third-order valence-corrected chi connectivity index (χ3v) is 4.63. The predicted molar refractivity (Wildman–Crippen MR) is 80.7 cm³/mol. The molecule has 1 saturated carbocycles. The predicted octanol–water partition coefficient (Wildman–Crippen LogP) is 3.26. The Hall–Kier alpha value is -0.450. The number of nitrogens with zero attached hydrogens (tertiary/aromatic N) is 1. The highest BCUT2D eigenvalue weighted by Crippen LogP contribution is 2.34. The van der Waals surface area contributed by atoms with E-state index in [2.05, 4.69) is 24.1 Å². The van der Waals surface area contributed by atoms with Crippen molar-refractivity contribution in [2.45, 2.75) is 58.1 Å². The quantitative estimate of drug-likeness (QED) is 0.755. The highest BCUT2D eigenvalue weighted by atomic mass is 32.1. The molecule has 108 valence electrons. The second kappa shape index (κ2) is 7.98. The van der Waals surface area contributed by atoms with Crippen LogP contribution in [-0.4, -0.2) is 30.3 Å². The van der Waals surface area contributed by atoms with Gasteiger partial charge in [-0.3, -0.25) is 4.98 Å². The molecule has 0 spiro atoms. The molecule has 1 atom stereocenters. The van der Waals surface area contributed by atoms with Gasteiger partial charge in [0.1, 0.15) is 0 Å². The van der Waals surface area contributed by atoms with E-state index in [1.165, 1.54) is 30.6 Å². The topological polar surface area (TPSA) is 34.2 Å². The van der Waals surface area contributed by atoms with Crippen LogP contribution in [0.4, 0.5) is 0 Å². The van der Waals surface area contributed by atoms with E-state index in [9.17, 15) is 0 Å². The molecule has 1 unspecified atom stereocenters. The monoisotopic (exact) mass is 282 g/mol. The van der Waals surface area contributed by atoms with E-state index in [4.69, 9.17) is 4.74 Å². The van der Waals surface area contributed by atoms with E-state index < -0.39 is 0 Å². The summed E-state index contributed by atoms with van der Waals surface area (Å²) in [5.74, 6) is 0.846. The average molecular weight is 282 g/mol. The van der Waals surface area contributed by atoms with Crippen LogP contribution in [0, 0.1) is 5.92 Å². The maximum atomic E-state index is 5.65. The van der Waals surface area contributed by atoms with Gasteiger partial charge in [-0.25, -0.2) is 0 Å². The first-order valence-corrected chi connectivity index (χ1v) is 8.42. The molecule has 1 heterocycles. The number of rotatable bonds is 9. The normalized spacial score (nSPS) is 24.1. The minimum absolute atomic E-state index is 0.533. The fraction of sp³-hybridized carbons (Fsp3) is 0.800. The summed E-state index contributed by atoms with van der Waals surface area (Å²) in [6.07, 6.45) is 8.65. The molecule has 1 aliphatic rings. The fourth-order valence-electron chi connectivity index (χ4n) is 2.81. The van der Waals surface area contributed by atoms with Crippen LogP contribution < -0.4 is 5.32 Å². The molecular weight excluding hydrogens is 256 g/mol. The third-order valence-electron chi connectivity index (χ3n) is 3.83. The van der Waals surface area contributed by atoms with E-state index in [0.717, 1.165) is 25.5 Å². The molecule has 0 amide bonds. The summed E-state index contributed by atoms with van der Waals surface area (Å²) < 4.78 is 5.65. The molecule has 1 aromatic rings. The van der Waals surface area contributed by atoms with Crippen molar-refractivity contribution in [2.75, 3.05) is 13.2 Å². The summed E-state index contributed by atoms with van der Waals surface area (Å²) >= 11 is 1.77. The highest BCUT2D eigenvalue weighted by molar-refractivity contribution is 7.09. The van der Waals surface area contributed by atoms with Crippen molar-refractivity contribution in [1.82, 2.24) is 10.3 Å². The molecule has 0 bridgehead atoms. The number of hydrogen-bond acceptors (Lipinski definition) is 4. The van der Waals surface area contributed by atoms with Gasteiger partial charge in [-0.2, -0.15) is 0 Å². The first kappa shape index (κ1) is 14.9. The summed E-state index contributed by atoms with van der Waals surface area (Å²) in [7, 11) is 0. The van der Waals surface area contributed by atoms with Crippen molar-refractivity contribution in [3.05, 3.63) is 16.6 Å². The van der Waals surface area contributed by atoms with Crippen LogP contribution in [0.25, 0.3) is 0 Å². The third kappa shape index (κ3) is 4.86. The van der Waals surface area contributed by atoms with Gasteiger partial charge >= 0.3 is 0 Å². The molecule has 3 nitrogen and oxygen atoms in total. The zero-order valence-corrected chi connectivity index (χ0v) is 12.9. The molecule has 4 heteroatoms. The van der Waals surface area contributed by atoms with Gasteiger partial charge in [0.2, 0.25) is 0 Å². The Morgan fingerprint density at radius 3 is 2.95 bits per heavy atom. The smallest absolute Gasteiger partial charge is 0.0794 e. The van der Waals surface area contributed by atoms with Gasteiger partial charge in [0.15, 0.2) is 0 Å². The van der Waals surface area contributed by atoms with E-state index in [1.807, 2.05) is 11.7 Å². The first-order chi connectivity index (χ1) is 9.31. The van der Waals surface area contributed by atoms with E-state index in [-0.39, 0.29) is 0 Å². The zero-order valence-electron chi connectivity index (χ0n) is 12.1. The summed E-state index contributed by atoms with van der Waals surface area (Å²) in [4.78, 5) is 5.57. The molecule has 0 aromatic carbocycles. The Balaban J connectivity index is 1.74. The highest BCUT2D eigenvalue weighted by Gasteiger charge is 2.31. The Morgan fingerprint density at radius 2 is 2.32 bits per heavy atom. The second-order valence-corrected chi connectivity index (χ2v) is 6.44. The average Bonchev–Trinajstić information content (AvgIpc) is 2.86. The molecule has 0 saturated heterocycles. The summed E-state index contributed by atoms with van der Waals surface area (Å²) in [6.45, 7) is 6.29. The lowest BCUT2D eigenvalue weighted by Gasteiger charge is -2.37. The Labute approximate surface area is 120 Å². The van der Waals surface area contributed by atoms with Crippen molar-refractivity contribution in [3.63, 3.8) is 0 Å². The largest absolute Gasteiger partial charge is 0.378 e. The van der Waals surface area contributed by atoms with Gasteiger partial charge in [-0.1, -0.05) is 6.92 Å². The lowest BCUT2D eigenvalue weighted by atomic mass is 9.77. The van der Waals surface area contributed by atoms with Gasteiger partial charge in [0.25, 0.3) is 0 Å². The molecule has 19 heavy (non-hydrogen) atoms. The molecular formula is C15H26N2OS. The number of hydrogen-bond donors (Lipinski definition) is 1. The Morgan fingerprint density at radius 1 is 1.47 bits per heavy atom. The fourth-order valence-corrected chi connectivity index (χ4v) is 3.49. The van der Waals surface area contributed by atoms with Crippen LogP contribution in [0.15, 0.2) is 11.7 Å². The minimum atomic E-state index is 0.533. The molecule has 0 aliphatic heterocycles.